The fourth-order valence-corrected chi connectivity index (χ4v) is 0.204. The van der Waals surface area contributed by atoms with Crippen LogP contribution >= 0.6 is 0 Å². The predicted molar refractivity (Wildman–Crippen MR) is 22.2 cm³/mol. The van der Waals surface area contributed by atoms with Gasteiger partial charge in [-0.1, -0.05) is 0 Å². The van der Waals surface area contributed by atoms with Gasteiger partial charge in [0.05, 0.1) is 0 Å². The van der Waals surface area contributed by atoms with E-state index in [1.54, 1.807) is 0 Å². The third-order valence-corrected chi connectivity index (χ3v) is 0.408. The molecule has 1 radical (unpaired) electrons. The van der Waals surface area contributed by atoms with Gasteiger partial charge in [-0.25, -0.2) is 0 Å². The van der Waals surface area contributed by atoms with Crippen LogP contribution in [0.3, 0.4) is 0 Å². The third-order valence-electron chi connectivity index (χ3n) is 0.408. The van der Waals surface area contributed by atoms with Crippen molar-refractivity contribution in [2.45, 2.75) is 13.8 Å². The largest absolute Gasteiger partial charge is 2.00 e. The van der Waals surface area contributed by atoms with Crippen molar-refractivity contribution in [3.8, 4) is 0 Å². The van der Waals surface area contributed by atoms with E-state index in [0.717, 1.165) is 13.2 Å². The quantitative estimate of drug-likeness (QED) is 0.572. The van der Waals surface area contributed by atoms with Crippen LogP contribution < -0.4 is 0 Å². The SMILES string of the molecule is CCOCC.[Rh+2]. The third kappa shape index (κ3) is 8.82. The van der Waals surface area contributed by atoms with E-state index in [9.17, 15) is 0 Å². The minimum Gasteiger partial charge on any atom is -0.382 e. The Morgan fingerprint density at radius 1 is 1.17 bits per heavy atom. The fourth-order valence-electron chi connectivity index (χ4n) is 0.204. The first-order valence-electron chi connectivity index (χ1n) is 1.99. The average molecular weight is 177 g/mol. The van der Waals surface area contributed by atoms with Gasteiger partial charge in [0.1, 0.15) is 0 Å². The van der Waals surface area contributed by atoms with Gasteiger partial charge in [0, 0.05) is 13.2 Å². The molecule has 0 aromatic rings. The van der Waals surface area contributed by atoms with Gasteiger partial charge in [-0.2, -0.15) is 0 Å². The van der Waals surface area contributed by atoms with Crippen LogP contribution in [0.4, 0.5) is 0 Å². The molecule has 0 bridgehead atoms. The maximum absolute atomic E-state index is 4.83. The molecule has 1 nitrogen and oxygen atoms in total. The first-order valence-corrected chi connectivity index (χ1v) is 1.99. The molecule has 0 heterocycles. The Morgan fingerprint density at radius 2 is 1.50 bits per heavy atom. The summed E-state index contributed by atoms with van der Waals surface area (Å²) in [6.07, 6.45) is 0. The molecular weight excluding hydrogens is 167 g/mol. The van der Waals surface area contributed by atoms with Crippen molar-refractivity contribution in [1.82, 2.24) is 0 Å². The van der Waals surface area contributed by atoms with Crippen molar-refractivity contribution in [3.63, 3.8) is 0 Å². The molecule has 0 aliphatic rings. The Labute approximate surface area is 51.8 Å². The summed E-state index contributed by atoms with van der Waals surface area (Å²) in [5.41, 5.74) is 0. The number of rotatable bonds is 2. The Bertz CT molecular complexity index is 15.0. The molecule has 0 aliphatic heterocycles. The van der Waals surface area contributed by atoms with Gasteiger partial charge in [0.15, 0.2) is 0 Å². The molecule has 0 aromatic heterocycles. The smallest absolute Gasteiger partial charge is 0.382 e. The first kappa shape index (κ1) is 9.77. The Morgan fingerprint density at radius 3 is 1.50 bits per heavy atom. The fraction of sp³-hybridized carbons (Fsp3) is 1.00. The molecule has 0 N–H and O–H groups in total. The van der Waals surface area contributed by atoms with Crippen molar-refractivity contribution in [1.29, 1.82) is 0 Å². The number of ether oxygens (including phenoxy) is 1. The van der Waals surface area contributed by atoms with Crippen molar-refractivity contribution < 1.29 is 24.2 Å². The van der Waals surface area contributed by atoms with Crippen molar-refractivity contribution in [3.05, 3.63) is 0 Å². The van der Waals surface area contributed by atoms with Gasteiger partial charge in [0.2, 0.25) is 0 Å². The molecule has 2 heteroatoms. The van der Waals surface area contributed by atoms with Crippen molar-refractivity contribution >= 4 is 0 Å². The molecule has 0 atom stereocenters. The second-order valence-electron chi connectivity index (χ2n) is 0.781. The zero-order valence-electron chi connectivity index (χ0n) is 4.16. The summed E-state index contributed by atoms with van der Waals surface area (Å²) in [4.78, 5) is 0. The van der Waals surface area contributed by atoms with Crippen molar-refractivity contribution in [2.75, 3.05) is 13.2 Å². The topological polar surface area (TPSA) is 9.23 Å². The molecule has 0 spiro atoms. The van der Waals surface area contributed by atoms with Gasteiger partial charge in [0.25, 0.3) is 0 Å². The summed E-state index contributed by atoms with van der Waals surface area (Å²) in [5, 5.41) is 0. The molecule has 0 fully saturated rings. The Hall–Kier alpha value is 0.583. The summed E-state index contributed by atoms with van der Waals surface area (Å²) in [6, 6.07) is 0. The van der Waals surface area contributed by atoms with Gasteiger partial charge >= 0.3 is 19.5 Å². The van der Waals surface area contributed by atoms with Crippen LogP contribution in [0, 0.1) is 0 Å². The molecule has 0 unspecified atom stereocenters. The Balaban J connectivity index is 0. The van der Waals surface area contributed by atoms with Gasteiger partial charge < -0.3 is 4.74 Å². The van der Waals surface area contributed by atoms with Gasteiger partial charge in [-0.3, -0.25) is 0 Å². The van der Waals surface area contributed by atoms with E-state index in [4.69, 9.17) is 4.74 Å². The van der Waals surface area contributed by atoms with Crippen LogP contribution in [0.5, 0.6) is 0 Å². The molecule has 0 rings (SSSR count). The molecule has 39 valence electrons. The van der Waals surface area contributed by atoms with Crippen LogP contribution in [0.2, 0.25) is 0 Å². The molecule has 0 aliphatic carbocycles. The summed E-state index contributed by atoms with van der Waals surface area (Å²) >= 11 is 0. The van der Waals surface area contributed by atoms with E-state index >= 15 is 0 Å². The van der Waals surface area contributed by atoms with E-state index in [1.807, 2.05) is 13.8 Å². The number of hydrogen-bond donors (Lipinski definition) is 0. The molecule has 0 saturated carbocycles. The van der Waals surface area contributed by atoms with Gasteiger partial charge in [-0.15, -0.1) is 0 Å². The second-order valence-corrected chi connectivity index (χ2v) is 0.781. The van der Waals surface area contributed by atoms with E-state index in [2.05, 4.69) is 0 Å². The van der Waals surface area contributed by atoms with E-state index < -0.39 is 0 Å². The Kier molecular flexibility index (Phi) is 14.9. The maximum Gasteiger partial charge on any atom is 2.00 e. The standard InChI is InChI=1S/C4H10O.Rh/c1-3-5-4-2;/h3-4H2,1-2H3;/q;+2. The second kappa shape index (κ2) is 9.13. The average Bonchev–Trinajstić information content (AvgIpc) is 1.41. The monoisotopic (exact) mass is 177 g/mol. The van der Waals surface area contributed by atoms with Crippen LogP contribution in [-0.2, 0) is 24.2 Å². The summed E-state index contributed by atoms with van der Waals surface area (Å²) in [7, 11) is 0. The minimum absolute atomic E-state index is 0. The molecule has 6 heavy (non-hydrogen) atoms. The first-order chi connectivity index (χ1) is 2.41. The van der Waals surface area contributed by atoms with Crippen LogP contribution in [0.15, 0.2) is 0 Å². The van der Waals surface area contributed by atoms with Crippen LogP contribution in [0.1, 0.15) is 13.8 Å². The zero-order valence-corrected chi connectivity index (χ0v) is 5.79. The molecule has 0 amide bonds. The summed E-state index contributed by atoms with van der Waals surface area (Å²) in [5.74, 6) is 0. The predicted octanol–water partition coefficient (Wildman–Crippen LogP) is 1.04. The van der Waals surface area contributed by atoms with Crippen molar-refractivity contribution in [2.24, 2.45) is 0 Å². The minimum atomic E-state index is 0. The van der Waals surface area contributed by atoms with Gasteiger partial charge in [-0.05, 0) is 13.8 Å². The van der Waals surface area contributed by atoms with E-state index in [-0.39, 0.29) is 19.5 Å². The van der Waals surface area contributed by atoms with Crippen LogP contribution in [0.25, 0.3) is 0 Å². The molecule has 0 aromatic carbocycles. The van der Waals surface area contributed by atoms with E-state index in [0.29, 0.717) is 0 Å². The normalized spacial score (nSPS) is 7.00. The zero-order chi connectivity index (χ0) is 4.12. The van der Waals surface area contributed by atoms with E-state index in [1.165, 1.54) is 0 Å². The molecular formula is C4H10ORh+2. The summed E-state index contributed by atoms with van der Waals surface area (Å²) in [6.45, 7) is 5.67. The van der Waals surface area contributed by atoms with Crippen LogP contribution in [-0.4, -0.2) is 13.2 Å². The maximum atomic E-state index is 4.83. The summed E-state index contributed by atoms with van der Waals surface area (Å²) < 4.78 is 4.83. The molecule has 0 saturated heterocycles. The number of hydrogen-bond acceptors (Lipinski definition) is 1.